The van der Waals surface area contributed by atoms with Gasteiger partial charge in [0.05, 0.1) is 14.2 Å². The van der Waals surface area contributed by atoms with Crippen LogP contribution in [0.3, 0.4) is 0 Å². The molecular weight excluding hydrogens is 246 g/mol. The summed E-state index contributed by atoms with van der Waals surface area (Å²) >= 11 is 0. The first kappa shape index (κ1) is 12.4. The Bertz CT molecular complexity index is 433. The van der Waals surface area contributed by atoms with Crippen molar-refractivity contribution in [3.05, 3.63) is 0 Å². The van der Waals surface area contributed by atoms with Crippen molar-refractivity contribution in [2.45, 2.75) is 43.8 Å². The number of nitrogens with zero attached hydrogens (tertiary/aromatic N) is 4. The van der Waals surface area contributed by atoms with Crippen molar-refractivity contribution < 1.29 is 9.47 Å². The second-order valence-corrected chi connectivity index (χ2v) is 5.13. The van der Waals surface area contributed by atoms with Gasteiger partial charge in [-0.2, -0.15) is 9.97 Å². The molecule has 2 fully saturated rings. The summed E-state index contributed by atoms with van der Waals surface area (Å²) in [6.07, 6.45) is 4.28. The molecule has 3 heterocycles. The molecule has 0 radical (unpaired) electrons. The van der Waals surface area contributed by atoms with Crippen molar-refractivity contribution in [1.82, 2.24) is 15.0 Å². The maximum atomic E-state index is 6.08. The van der Waals surface area contributed by atoms with E-state index in [0.29, 0.717) is 24.1 Å². The lowest BCUT2D eigenvalue weighted by molar-refractivity contribution is 0.335. The number of hydrogen-bond donors (Lipinski definition) is 1. The molecule has 1 aromatic heterocycles. The van der Waals surface area contributed by atoms with Gasteiger partial charge in [-0.1, -0.05) is 0 Å². The predicted molar refractivity (Wildman–Crippen MR) is 69.4 cm³/mol. The van der Waals surface area contributed by atoms with Crippen LogP contribution in [-0.2, 0) is 0 Å². The van der Waals surface area contributed by atoms with Gasteiger partial charge in [-0.15, -0.1) is 4.98 Å². The third-order valence-corrected chi connectivity index (χ3v) is 3.95. The SMILES string of the molecule is COc1nc(OC)nc(N2C3CCC2CC(N)C3)n1. The van der Waals surface area contributed by atoms with Crippen LogP contribution in [0.15, 0.2) is 0 Å². The van der Waals surface area contributed by atoms with Crippen LogP contribution in [-0.4, -0.2) is 47.3 Å². The minimum Gasteiger partial charge on any atom is -0.467 e. The van der Waals surface area contributed by atoms with Gasteiger partial charge in [-0.3, -0.25) is 0 Å². The lowest BCUT2D eigenvalue weighted by Gasteiger charge is -2.37. The van der Waals surface area contributed by atoms with Gasteiger partial charge >= 0.3 is 12.0 Å². The first-order valence-corrected chi connectivity index (χ1v) is 6.59. The molecule has 2 unspecified atom stereocenters. The third-order valence-electron chi connectivity index (χ3n) is 3.95. The number of fused-ring (bicyclic) bond motifs is 2. The Morgan fingerprint density at radius 2 is 1.53 bits per heavy atom. The van der Waals surface area contributed by atoms with Gasteiger partial charge in [0.2, 0.25) is 5.95 Å². The van der Waals surface area contributed by atoms with E-state index in [4.69, 9.17) is 15.2 Å². The molecule has 0 amide bonds. The fourth-order valence-electron chi connectivity index (χ4n) is 3.17. The van der Waals surface area contributed by atoms with Gasteiger partial charge in [0.15, 0.2) is 0 Å². The number of anilines is 1. The van der Waals surface area contributed by atoms with Gasteiger partial charge in [0.25, 0.3) is 0 Å². The van der Waals surface area contributed by atoms with Gasteiger partial charge in [-0.25, -0.2) is 0 Å². The summed E-state index contributed by atoms with van der Waals surface area (Å²) in [5.74, 6) is 0.642. The Morgan fingerprint density at radius 3 is 2.00 bits per heavy atom. The van der Waals surface area contributed by atoms with Gasteiger partial charge in [0.1, 0.15) is 0 Å². The second-order valence-electron chi connectivity index (χ2n) is 5.13. The summed E-state index contributed by atoms with van der Waals surface area (Å²) in [4.78, 5) is 15.0. The molecule has 7 heteroatoms. The van der Waals surface area contributed by atoms with Gasteiger partial charge in [0, 0.05) is 18.1 Å². The molecule has 2 saturated heterocycles. The monoisotopic (exact) mass is 265 g/mol. The summed E-state index contributed by atoms with van der Waals surface area (Å²) in [6, 6.07) is 1.71. The molecule has 0 aliphatic carbocycles. The highest BCUT2D eigenvalue weighted by molar-refractivity contribution is 5.39. The molecule has 0 saturated carbocycles. The smallest absolute Gasteiger partial charge is 0.324 e. The van der Waals surface area contributed by atoms with Crippen molar-refractivity contribution in [1.29, 1.82) is 0 Å². The maximum absolute atomic E-state index is 6.08. The molecule has 7 nitrogen and oxygen atoms in total. The highest BCUT2D eigenvalue weighted by Crippen LogP contribution is 2.37. The fourth-order valence-corrected chi connectivity index (χ4v) is 3.17. The number of piperidine rings is 1. The topological polar surface area (TPSA) is 86.4 Å². The van der Waals surface area contributed by atoms with Gasteiger partial charge < -0.3 is 20.1 Å². The minimum atomic E-state index is 0.288. The van der Waals surface area contributed by atoms with Crippen molar-refractivity contribution in [2.75, 3.05) is 19.1 Å². The highest BCUT2D eigenvalue weighted by atomic mass is 16.5. The van der Waals surface area contributed by atoms with E-state index in [9.17, 15) is 0 Å². The molecule has 2 aliphatic heterocycles. The Kier molecular flexibility index (Phi) is 3.14. The van der Waals surface area contributed by atoms with Crippen molar-refractivity contribution in [3.63, 3.8) is 0 Å². The summed E-state index contributed by atoms with van der Waals surface area (Å²) in [7, 11) is 3.08. The first-order valence-electron chi connectivity index (χ1n) is 6.59. The van der Waals surface area contributed by atoms with Gasteiger partial charge in [-0.05, 0) is 25.7 Å². The summed E-state index contributed by atoms with van der Waals surface area (Å²) < 4.78 is 10.2. The number of ether oxygens (including phenoxy) is 2. The van der Waals surface area contributed by atoms with E-state index in [1.165, 1.54) is 0 Å². The number of rotatable bonds is 3. The summed E-state index contributed by atoms with van der Waals surface area (Å²) in [5, 5.41) is 0. The summed E-state index contributed by atoms with van der Waals surface area (Å²) in [6.45, 7) is 0. The largest absolute Gasteiger partial charge is 0.467 e. The molecule has 0 spiro atoms. The highest BCUT2D eigenvalue weighted by Gasteiger charge is 2.41. The fraction of sp³-hybridized carbons (Fsp3) is 0.750. The van der Waals surface area contributed by atoms with E-state index in [-0.39, 0.29) is 12.0 Å². The van der Waals surface area contributed by atoms with E-state index >= 15 is 0 Å². The number of aromatic nitrogens is 3. The molecular formula is C12H19N5O2. The number of hydrogen-bond acceptors (Lipinski definition) is 7. The van der Waals surface area contributed by atoms with E-state index in [2.05, 4.69) is 19.9 Å². The minimum absolute atomic E-state index is 0.288. The number of methoxy groups -OCH3 is 2. The Labute approximate surface area is 112 Å². The van der Waals surface area contributed by atoms with Crippen LogP contribution < -0.4 is 20.1 Å². The van der Waals surface area contributed by atoms with Crippen molar-refractivity contribution in [2.24, 2.45) is 5.73 Å². The second kappa shape index (κ2) is 4.80. The Hall–Kier alpha value is -1.63. The van der Waals surface area contributed by atoms with E-state index < -0.39 is 0 Å². The molecule has 2 aliphatic rings. The zero-order valence-electron chi connectivity index (χ0n) is 11.2. The van der Waals surface area contributed by atoms with Crippen molar-refractivity contribution in [3.8, 4) is 12.0 Å². The first-order chi connectivity index (χ1) is 9.21. The van der Waals surface area contributed by atoms with Crippen molar-refractivity contribution >= 4 is 5.95 Å². The molecule has 0 aromatic carbocycles. The molecule has 1 aromatic rings. The molecule has 2 bridgehead atoms. The van der Waals surface area contributed by atoms with Crippen LogP contribution in [0, 0.1) is 0 Å². The van der Waals surface area contributed by atoms with Crippen LogP contribution in [0.4, 0.5) is 5.95 Å². The van der Waals surface area contributed by atoms with E-state index in [1.807, 2.05) is 0 Å². The zero-order valence-corrected chi connectivity index (χ0v) is 11.2. The molecule has 104 valence electrons. The predicted octanol–water partition coefficient (Wildman–Crippen LogP) is 0.347. The lowest BCUT2D eigenvalue weighted by atomic mass is 9.99. The van der Waals surface area contributed by atoms with Crippen LogP contribution in [0.1, 0.15) is 25.7 Å². The van der Waals surface area contributed by atoms with E-state index in [1.54, 1.807) is 14.2 Å². The molecule has 2 atom stereocenters. The average molecular weight is 265 g/mol. The van der Waals surface area contributed by atoms with Crippen LogP contribution in [0.5, 0.6) is 12.0 Å². The van der Waals surface area contributed by atoms with Crippen LogP contribution >= 0.6 is 0 Å². The zero-order chi connectivity index (χ0) is 13.4. The number of nitrogens with two attached hydrogens (primary N) is 1. The Morgan fingerprint density at radius 1 is 1.00 bits per heavy atom. The molecule has 3 rings (SSSR count). The third kappa shape index (κ3) is 2.18. The van der Waals surface area contributed by atoms with Crippen LogP contribution in [0.2, 0.25) is 0 Å². The molecule has 2 N–H and O–H groups in total. The average Bonchev–Trinajstić information content (AvgIpc) is 2.70. The molecule has 19 heavy (non-hydrogen) atoms. The standard InChI is InChI=1S/C12H19N5O2/c1-18-11-14-10(15-12(16-11)19-2)17-8-3-4-9(17)6-7(13)5-8/h7-9H,3-6,13H2,1-2H3. The quantitative estimate of drug-likeness (QED) is 0.843. The normalized spacial score (nSPS) is 29.4. The Balaban J connectivity index is 1.94. The van der Waals surface area contributed by atoms with Crippen LogP contribution in [0.25, 0.3) is 0 Å². The maximum Gasteiger partial charge on any atom is 0.324 e. The summed E-state index contributed by atoms with van der Waals surface area (Å²) in [5.41, 5.74) is 6.08. The van der Waals surface area contributed by atoms with E-state index in [0.717, 1.165) is 25.7 Å². The lowest BCUT2D eigenvalue weighted by Crippen LogP contribution is -2.48.